The van der Waals surface area contributed by atoms with Crippen LogP contribution in [0.5, 0.6) is 0 Å². The minimum absolute atomic E-state index is 0.287. The van der Waals surface area contributed by atoms with Gasteiger partial charge in [0.15, 0.2) is 0 Å². The minimum atomic E-state index is -0.907. The van der Waals surface area contributed by atoms with Gasteiger partial charge in [0, 0.05) is 41.8 Å². The average Bonchev–Trinajstić information content (AvgIpc) is 3.32. The molecule has 28 heavy (non-hydrogen) atoms. The van der Waals surface area contributed by atoms with Crippen LogP contribution in [0, 0.1) is 0 Å². The van der Waals surface area contributed by atoms with Crippen LogP contribution in [0.25, 0.3) is 33.3 Å². The number of hydrogen-bond donors (Lipinski definition) is 2. The number of nitrogens with zero attached hydrogens (tertiary/aromatic N) is 4. The van der Waals surface area contributed by atoms with Crippen LogP contribution in [0.1, 0.15) is 18.7 Å². The fraction of sp³-hybridized carbons (Fsp3) is 0.190. The van der Waals surface area contributed by atoms with Gasteiger partial charge < -0.3 is 10.1 Å². The Morgan fingerprint density at radius 2 is 1.96 bits per heavy atom. The van der Waals surface area contributed by atoms with Crippen LogP contribution >= 0.6 is 0 Å². The number of aromatic nitrogens is 4. The van der Waals surface area contributed by atoms with Crippen LogP contribution in [0.3, 0.4) is 0 Å². The van der Waals surface area contributed by atoms with Crippen molar-refractivity contribution in [1.82, 2.24) is 24.6 Å². The highest BCUT2D eigenvalue weighted by molar-refractivity contribution is 5.89. The molecule has 0 saturated heterocycles. The van der Waals surface area contributed by atoms with E-state index in [1.54, 1.807) is 12.4 Å². The summed E-state index contributed by atoms with van der Waals surface area (Å²) in [4.78, 5) is 20.6. The van der Waals surface area contributed by atoms with Crippen molar-refractivity contribution >= 4 is 17.0 Å². The average molecular weight is 373 g/mol. The molecule has 1 aliphatic heterocycles. The van der Waals surface area contributed by atoms with Crippen molar-refractivity contribution in [3.8, 4) is 22.4 Å². The van der Waals surface area contributed by atoms with Crippen molar-refractivity contribution in [1.29, 1.82) is 0 Å². The summed E-state index contributed by atoms with van der Waals surface area (Å²) in [6.07, 6.45) is 4.51. The van der Waals surface area contributed by atoms with Gasteiger partial charge in [-0.05, 0) is 42.1 Å². The standard InChI is InChI=1S/C21H19N5O2/c1-13-20-18(15-4-7-22-8-5-15)19(24-26(20)11-10-25(13)21(27)28)16-3-2-14-6-9-23-17(14)12-16/h2-9,12-13,23H,10-11H2,1H3,(H,27,28). The first-order valence-electron chi connectivity index (χ1n) is 9.21. The zero-order valence-corrected chi connectivity index (χ0v) is 15.3. The maximum atomic E-state index is 11.7. The summed E-state index contributed by atoms with van der Waals surface area (Å²) in [5.41, 5.74) is 5.77. The number of hydrogen-bond acceptors (Lipinski definition) is 3. The zero-order chi connectivity index (χ0) is 19.3. The molecule has 0 spiro atoms. The zero-order valence-electron chi connectivity index (χ0n) is 15.3. The van der Waals surface area contributed by atoms with E-state index in [0.717, 1.165) is 39.0 Å². The van der Waals surface area contributed by atoms with Gasteiger partial charge in [-0.15, -0.1) is 0 Å². The van der Waals surface area contributed by atoms with Crippen LogP contribution < -0.4 is 0 Å². The van der Waals surface area contributed by atoms with Crippen LogP contribution in [0.15, 0.2) is 55.0 Å². The lowest BCUT2D eigenvalue weighted by atomic mass is 9.95. The van der Waals surface area contributed by atoms with Gasteiger partial charge in [0.2, 0.25) is 0 Å². The molecule has 1 unspecified atom stereocenters. The molecule has 140 valence electrons. The Morgan fingerprint density at radius 3 is 2.75 bits per heavy atom. The van der Waals surface area contributed by atoms with E-state index < -0.39 is 6.09 Å². The fourth-order valence-electron chi connectivity index (χ4n) is 4.08. The molecule has 0 radical (unpaired) electrons. The van der Waals surface area contributed by atoms with Crippen LogP contribution in [-0.4, -0.2) is 42.4 Å². The molecule has 3 aromatic heterocycles. The molecule has 1 aromatic carbocycles. The number of carbonyl (C=O) groups is 1. The van der Waals surface area contributed by atoms with Crippen molar-refractivity contribution in [2.45, 2.75) is 19.5 Å². The van der Waals surface area contributed by atoms with Gasteiger partial charge >= 0.3 is 6.09 Å². The topological polar surface area (TPSA) is 87.0 Å². The Balaban J connectivity index is 1.76. The number of aromatic amines is 1. The normalized spacial score (nSPS) is 16.3. The summed E-state index contributed by atoms with van der Waals surface area (Å²) < 4.78 is 1.95. The molecule has 0 saturated carbocycles. The molecule has 0 aliphatic carbocycles. The number of pyridine rings is 1. The number of fused-ring (bicyclic) bond motifs is 2. The SMILES string of the molecule is CC1c2c(-c3ccncc3)c(-c3ccc4cc[nH]c4c3)nn2CCN1C(=O)O. The number of carboxylic acid groups (broad SMARTS) is 1. The summed E-state index contributed by atoms with van der Waals surface area (Å²) in [6.45, 7) is 2.88. The molecule has 5 rings (SSSR count). The monoisotopic (exact) mass is 373 g/mol. The second-order valence-corrected chi connectivity index (χ2v) is 7.00. The first kappa shape index (κ1) is 16.6. The van der Waals surface area contributed by atoms with Gasteiger partial charge in [0.05, 0.1) is 18.3 Å². The highest BCUT2D eigenvalue weighted by Gasteiger charge is 2.33. The quantitative estimate of drug-likeness (QED) is 0.553. The lowest BCUT2D eigenvalue weighted by Crippen LogP contribution is -2.40. The predicted molar refractivity (Wildman–Crippen MR) is 106 cm³/mol. The van der Waals surface area contributed by atoms with Gasteiger partial charge in [0.1, 0.15) is 5.69 Å². The molecule has 4 aromatic rings. The second-order valence-electron chi connectivity index (χ2n) is 7.00. The minimum Gasteiger partial charge on any atom is -0.465 e. The maximum Gasteiger partial charge on any atom is 0.407 e. The van der Waals surface area contributed by atoms with Crippen LogP contribution in [0.2, 0.25) is 0 Å². The molecule has 2 N–H and O–H groups in total. The molecule has 1 aliphatic rings. The summed E-state index contributed by atoms with van der Waals surface area (Å²) in [7, 11) is 0. The predicted octanol–water partition coefficient (Wildman–Crippen LogP) is 4.15. The molecule has 1 atom stereocenters. The Bertz CT molecular complexity index is 1180. The maximum absolute atomic E-state index is 11.7. The molecular formula is C21H19N5O2. The van der Waals surface area contributed by atoms with E-state index >= 15 is 0 Å². The van der Waals surface area contributed by atoms with Crippen LogP contribution in [-0.2, 0) is 6.54 Å². The summed E-state index contributed by atoms with van der Waals surface area (Å²) in [5, 5.41) is 15.6. The van der Waals surface area contributed by atoms with Crippen molar-refractivity contribution in [2.75, 3.05) is 6.54 Å². The van der Waals surface area contributed by atoms with Gasteiger partial charge in [-0.25, -0.2) is 4.79 Å². The first-order chi connectivity index (χ1) is 13.6. The third-order valence-electron chi connectivity index (χ3n) is 5.45. The summed E-state index contributed by atoms with van der Waals surface area (Å²) in [5.74, 6) is 0. The van der Waals surface area contributed by atoms with Gasteiger partial charge in [-0.3, -0.25) is 14.6 Å². The summed E-state index contributed by atoms with van der Waals surface area (Å²) >= 11 is 0. The van der Waals surface area contributed by atoms with Crippen molar-refractivity contribution in [3.05, 3.63) is 60.7 Å². The lowest BCUT2D eigenvalue weighted by Gasteiger charge is -2.32. The number of rotatable bonds is 2. The third kappa shape index (κ3) is 2.47. The lowest BCUT2D eigenvalue weighted by molar-refractivity contribution is 0.113. The number of H-pyrrole nitrogens is 1. The second kappa shape index (κ2) is 6.23. The Hall–Kier alpha value is -3.61. The largest absolute Gasteiger partial charge is 0.465 e. The highest BCUT2D eigenvalue weighted by Crippen LogP contribution is 2.41. The van der Waals surface area contributed by atoms with E-state index in [-0.39, 0.29) is 6.04 Å². The Kier molecular flexibility index (Phi) is 3.68. The van der Waals surface area contributed by atoms with E-state index in [2.05, 4.69) is 28.2 Å². The van der Waals surface area contributed by atoms with E-state index in [4.69, 9.17) is 5.10 Å². The molecular weight excluding hydrogens is 354 g/mol. The number of nitrogens with one attached hydrogen (secondary N) is 1. The molecule has 7 nitrogen and oxygen atoms in total. The van der Waals surface area contributed by atoms with Crippen LogP contribution in [0.4, 0.5) is 4.79 Å². The number of benzene rings is 1. The highest BCUT2D eigenvalue weighted by atomic mass is 16.4. The van der Waals surface area contributed by atoms with Gasteiger partial charge in [-0.2, -0.15) is 5.10 Å². The Labute approximate surface area is 161 Å². The third-order valence-corrected chi connectivity index (χ3v) is 5.45. The van der Waals surface area contributed by atoms with E-state index in [1.807, 2.05) is 36.0 Å². The van der Waals surface area contributed by atoms with E-state index in [0.29, 0.717) is 13.1 Å². The van der Waals surface area contributed by atoms with E-state index in [9.17, 15) is 9.90 Å². The molecule has 0 fully saturated rings. The molecule has 4 heterocycles. The molecule has 0 bridgehead atoms. The van der Waals surface area contributed by atoms with E-state index in [1.165, 1.54) is 4.90 Å². The summed E-state index contributed by atoms with van der Waals surface area (Å²) in [6, 6.07) is 11.9. The molecule has 7 heteroatoms. The Morgan fingerprint density at radius 1 is 1.14 bits per heavy atom. The first-order valence-corrected chi connectivity index (χ1v) is 9.21. The number of amides is 1. The van der Waals surface area contributed by atoms with Crippen molar-refractivity contribution in [2.24, 2.45) is 0 Å². The smallest absolute Gasteiger partial charge is 0.407 e. The van der Waals surface area contributed by atoms with Crippen molar-refractivity contribution < 1.29 is 9.90 Å². The van der Waals surface area contributed by atoms with Gasteiger partial charge in [-0.1, -0.05) is 12.1 Å². The molecule has 1 amide bonds. The van der Waals surface area contributed by atoms with Crippen molar-refractivity contribution in [3.63, 3.8) is 0 Å². The fourth-order valence-corrected chi connectivity index (χ4v) is 4.08. The van der Waals surface area contributed by atoms with Gasteiger partial charge in [0.25, 0.3) is 0 Å².